The first-order chi connectivity index (χ1) is 7.54. The van der Waals surface area contributed by atoms with Crippen LogP contribution in [0.15, 0.2) is 16.7 Å². The van der Waals surface area contributed by atoms with Gasteiger partial charge in [0.15, 0.2) is 0 Å². The van der Waals surface area contributed by atoms with E-state index in [-0.39, 0.29) is 5.91 Å². The van der Waals surface area contributed by atoms with Gasteiger partial charge >= 0.3 is 0 Å². The number of aromatic nitrogens is 2. The molecule has 0 saturated heterocycles. The van der Waals surface area contributed by atoms with Crippen molar-refractivity contribution < 1.29 is 4.79 Å². The van der Waals surface area contributed by atoms with Gasteiger partial charge in [-0.25, -0.2) is 10.8 Å². The number of hydrazine groups is 1. The number of rotatable bonds is 1. The van der Waals surface area contributed by atoms with Crippen LogP contribution in [-0.4, -0.2) is 15.3 Å². The predicted molar refractivity (Wildman–Crippen MR) is 64.0 cm³/mol. The Labute approximate surface area is 101 Å². The van der Waals surface area contributed by atoms with Gasteiger partial charge in [0.25, 0.3) is 5.91 Å². The molecule has 6 heteroatoms. The van der Waals surface area contributed by atoms with Crippen molar-refractivity contribution in [2.24, 2.45) is 5.84 Å². The SMILES string of the molecule is Cc1nc2c(C)cc(Br)cn2c1C(=O)NN. The Morgan fingerprint density at radius 3 is 2.88 bits per heavy atom. The number of nitrogens with one attached hydrogen (secondary N) is 1. The Bertz CT molecular complexity index is 576. The van der Waals surface area contributed by atoms with Crippen LogP contribution in [0.1, 0.15) is 21.7 Å². The quantitative estimate of drug-likeness (QED) is 0.471. The molecule has 1 amide bonds. The molecule has 2 rings (SSSR count). The molecule has 84 valence electrons. The van der Waals surface area contributed by atoms with Crippen LogP contribution in [0.4, 0.5) is 0 Å². The molecule has 0 aromatic carbocycles. The number of aryl methyl sites for hydroxylation is 2. The summed E-state index contributed by atoms with van der Waals surface area (Å²) in [5.74, 6) is 4.80. The van der Waals surface area contributed by atoms with Crippen LogP contribution in [0.2, 0.25) is 0 Å². The molecule has 2 aromatic heterocycles. The van der Waals surface area contributed by atoms with Gasteiger partial charge in [0.1, 0.15) is 11.3 Å². The van der Waals surface area contributed by atoms with Crippen LogP contribution >= 0.6 is 15.9 Å². The summed E-state index contributed by atoms with van der Waals surface area (Å²) in [6, 6.07) is 1.95. The lowest BCUT2D eigenvalue weighted by Gasteiger charge is -2.03. The van der Waals surface area contributed by atoms with Crippen molar-refractivity contribution in [2.75, 3.05) is 0 Å². The summed E-state index contributed by atoms with van der Waals surface area (Å²) in [7, 11) is 0. The molecule has 0 radical (unpaired) electrons. The summed E-state index contributed by atoms with van der Waals surface area (Å²) in [5, 5.41) is 0. The molecule has 0 saturated carbocycles. The largest absolute Gasteiger partial charge is 0.294 e. The first kappa shape index (κ1) is 11.1. The van der Waals surface area contributed by atoms with E-state index < -0.39 is 0 Å². The minimum absolute atomic E-state index is 0.345. The van der Waals surface area contributed by atoms with Crippen molar-refractivity contribution in [1.29, 1.82) is 0 Å². The number of nitrogens with two attached hydrogens (primary N) is 1. The summed E-state index contributed by atoms with van der Waals surface area (Å²) in [4.78, 5) is 16.0. The lowest BCUT2D eigenvalue weighted by atomic mass is 10.3. The molecule has 5 nitrogen and oxygen atoms in total. The van der Waals surface area contributed by atoms with Gasteiger partial charge < -0.3 is 0 Å². The summed E-state index contributed by atoms with van der Waals surface area (Å²) < 4.78 is 2.62. The molecule has 0 aliphatic rings. The molecule has 0 spiro atoms. The van der Waals surface area contributed by atoms with E-state index >= 15 is 0 Å². The third kappa shape index (κ3) is 1.60. The van der Waals surface area contributed by atoms with E-state index in [4.69, 9.17) is 5.84 Å². The molecule has 0 atom stereocenters. The number of pyridine rings is 1. The first-order valence-electron chi connectivity index (χ1n) is 4.70. The van der Waals surface area contributed by atoms with Gasteiger partial charge in [0, 0.05) is 10.7 Å². The van der Waals surface area contributed by atoms with Crippen LogP contribution in [0.5, 0.6) is 0 Å². The predicted octanol–water partition coefficient (Wildman–Crippen LogP) is 1.32. The number of hydrogen-bond acceptors (Lipinski definition) is 3. The van der Waals surface area contributed by atoms with Crippen LogP contribution < -0.4 is 11.3 Å². The van der Waals surface area contributed by atoms with Gasteiger partial charge in [0.05, 0.1) is 5.69 Å². The minimum atomic E-state index is -0.345. The van der Waals surface area contributed by atoms with E-state index in [1.165, 1.54) is 0 Å². The van der Waals surface area contributed by atoms with Crippen LogP contribution in [0.3, 0.4) is 0 Å². The molecule has 0 unspecified atom stereocenters. The standard InChI is InChI=1S/C10H11BrN4O/c1-5-3-7(11)4-15-8(10(16)14-12)6(2)13-9(5)15/h3-4H,12H2,1-2H3,(H,14,16). The molecule has 3 N–H and O–H groups in total. The summed E-state index contributed by atoms with van der Waals surface area (Å²) in [5.41, 5.74) is 5.00. The Morgan fingerprint density at radius 2 is 2.25 bits per heavy atom. The highest BCUT2D eigenvalue weighted by Gasteiger charge is 2.16. The molecule has 0 bridgehead atoms. The molecule has 0 aliphatic carbocycles. The van der Waals surface area contributed by atoms with Crippen LogP contribution in [-0.2, 0) is 0 Å². The van der Waals surface area contributed by atoms with E-state index in [9.17, 15) is 4.79 Å². The third-order valence-corrected chi connectivity index (χ3v) is 2.82. The summed E-state index contributed by atoms with van der Waals surface area (Å²) in [6.07, 6.45) is 1.80. The van der Waals surface area contributed by atoms with Crippen molar-refractivity contribution >= 4 is 27.5 Å². The maximum Gasteiger partial charge on any atom is 0.284 e. The van der Waals surface area contributed by atoms with Gasteiger partial charge in [-0.15, -0.1) is 0 Å². The number of halogens is 1. The second kappa shape index (κ2) is 3.88. The molecule has 16 heavy (non-hydrogen) atoms. The molecule has 2 aromatic rings. The fourth-order valence-corrected chi connectivity index (χ4v) is 2.27. The Hall–Kier alpha value is -1.40. The van der Waals surface area contributed by atoms with Crippen molar-refractivity contribution in [3.05, 3.63) is 33.7 Å². The van der Waals surface area contributed by atoms with Gasteiger partial charge in [-0.2, -0.15) is 0 Å². The fraction of sp³-hybridized carbons (Fsp3) is 0.200. The van der Waals surface area contributed by atoms with Crippen molar-refractivity contribution in [3.8, 4) is 0 Å². The highest BCUT2D eigenvalue weighted by Crippen LogP contribution is 2.20. The lowest BCUT2D eigenvalue weighted by Crippen LogP contribution is -2.31. The number of carbonyl (C=O) groups is 1. The van der Waals surface area contributed by atoms with Crippen molar-refractivity contribution in [3.63, 3.8) is 0 Å². The van der Waals surface area contributed by atoms with E-state index in [0.717, 1.165) is 15.7 Å². The average Bonchev–Trinajstić information content (AvgIpc) is 2.54. The average molecular weight is 283 g/mol. The third-order valence-electron chi connectivity index (χ3n) is 2.39. The molecule has 0 fully saturated rings. The van der Waals surface area contributed by atoms with Gasteiger partial charge in [-0.1, -0.05) is 0 Å². The fourth-order valence-electron chi connectivity index (χ4n) is 1.72. The highest BCUT2D eigenvalue weighted by atomic mass is 79.9. The zero-order valence-electron chi connectivity index (χ0n) is 8.91. The van der Waals surface area contributed by atoms with Crippen LogP contribution in [0.25, 0.3) is 5.65 Å². The van der Waals surface area contributed by atoms with Crippen LogP contribution in [0, 0.1) is 13.8 Å². The molecular weight excluding hydrogens is 272 g/mol. The zero-order valence-corrected chi connectivity index (χ0v) is 10.5. The molecule has 0 aliphatic heterocycles. The second-order valence-corrected chi connectivity index (χ2v) is 4.47. The minimum Gasteiger partial charge on any atom is -0.294 e. The maximum absolute atomic E-state index is 11.6. The van der Waals surface area contributed by atoms with E-state index in [1.807, 2.05) is 13.0 Å². The monoisotopic (exact) mass is 282 g/mol. The lowest BCUT2D eigenvalue weighted by molar-refractivity contribution is 0.0947. The summed E-state index contributed by atoms with van der Waals surface area (Å²) in [6.45, 7) is 3.72. The number of amides is 1. The molecular formula is C10H11BrN4O. The Kier molecular flexibility index (Phi) is 2.69. The zero-order chi connectivity index (χ0) is 11.9. The smallest absolute Gasteiger partial charge is 0.284 e. The number of fused-ring (bicyclic) bond motifs is 1. The molecule has 2 heterocycles. The maximum atomic E-state index is 11.6. The van der Waals surface area contributed by atoms with Gasteiger partial charge in [0.2, 0.25) is 0 Å². The number of nitrogen functional groups attached to an aromatic ring is 1. The van der Waals surface area contributed by atoms with E-state index in [0.29, 0.717) is 11.4 Å². The highest BCUT2D eigenvalue weighted by molar-refractivity contribution is 9.10. The van der Waals surface area contributed by atoms with Crippen molar-refractivity contribution in [2.45, 2.75) is 13.8 Å². The van der Waals surface area contributed by atoms with Crippen molar-refractivity contribution in [1.82, 2.24) is 14.8 Å². The number of imidazole rings is 1. The Morgan fingerprint density at radius 1 is 1.56 bits per heavy atom. The topological polar surface area (TPSA) is 72.4 Å². The number of nitrogens with zero attached hydrogens (tertiary/aromatic N) is 2. The summed E-state index contributed by atoms with van der Waals surface area (Å²) >= 11 is 3.39. The Balaban J connectivity index is 2.83. The number of carbonyl (C=O) groups excluding carboxylic acids is 1. The van der Waals surface area contributed by atoms with Gasteiger partial charge in [-0.3, -0.25) is 14.6 Å². The van der Waals surface area contributed by atoms with E-state index in [2.05, 4.69) is 26.3 Å². The normalized spacial score (nSPS) is 10.8. The van der Waals surface area contributed by atoms with Gasteiger partial charge in [-0.05, 0) is 41.4 Å². The van der Waals surface area contributed by atoms with E-state index in [1.54, 1.807) is 17.5 Å². The second-order valence-electron chi connectivity index (χ2n) is 3.55. The number of hydrogen-bond donors (Lipinski definition) is 2. The first-order valence-corrected chi connectivity index (χ1v) is 5.49.